The first-order chi connectivity index (χ1) is 8.02. The minimum atomic E-state index is 0.489. The van der Waals surface area contributed by atoms with Crippen molar-refractivity contribution in [3.05, 3.63) is 0 Å². The fourth-order valence-electron chi connectivity index (χ4n) is 3.62. The van der Waals surface area contributed by atoms with Gasteiger partial charge in [-0.3, -0.25) is 0 Å². The standard InChI is InChI=1S/C15H30N2/c1-15(2,3)13-5-4-9-17(10-8-13)14-7-6-12(14)11-16/h12-14H,4-11,16H2,1-3H3. The van der Waals surface area contributed by atoms with E-state index in [0.717, 1.165) is 24.4 Å². The molecular weight excluding hydrogens is 208 g/mol. The minimum Gasteiger partial charge on any atom is -0.330 e. The molecule has 0 aromatic rings. The van der Waals surface area contributed by atoms with Crippen LogP contribution in [0.4, 0.5) is 0 Å². The first kappa shape index (κ1) is 13.4. The van der Waals surface area contributed by atoms with Gasteiger partial charge < -0.3 is 10.6 Å². The van der Waals surface area contributed by atoms with Crippen molar-refractivity contribution in [1.82, 2.24) is 4.90 Å². The lowest BCUT2D eigenvalue weighted by Crippen LogP contribution is -2.50. The zero-order chi connectivity index (χ0) is 12.5. The van der Waals surface area contributed by atoms with E-state index in [1.54, 1.807) is 0 Å². The van der Waals surface area contributed by atoms with E-state index in [-0.39, 0.29) is 0 Å². The summed E-state index contributed by atoms with van der Waals surface area (Å²) in [6.07, 6.45) is 6.94. The maximum Gasteiger partial charge on any atom is 0.0136 e. The van der Waals surface area contributed by atoms with Crippen molar-refractivity contribution in [1.29, 1.82) is 0 Å². The van der Waals surface area contributed by atoms with Gasteiger partial charge in [-0.05, 0) is 69.0 Å². The molecule has 0 aromatic heterocycles. The summed E-state index contributed by atoms with van der Waals surface area (Å²) >= 11 is 0. The summed E-state index contributed by atoms with van der Waals surface area (Å²) in [4.78, 5) is 2.74. The molecule has 1 aliphatic carbocycles. The number of nitrogens with two attached hydrogens (primary N) is 1. The largest absolute Gasteiger partial charge is 0.330 e. The minimum absolute atomic E-state index is 0.489. The van der Waals surface area contributed by atoms with Gasteiger partial charge in [-0.2, -0.15) is 0 Å². The van der Waals surface area contributed by atoms with E-state index >= 15 is 0 Å². The molecule has 100 valence electrons. The molecule has 3 unspecified atom stereocenters. The molecule has 1 aliphatic heterocycles. The van der Waals surface area contributed by atoms with Gasteiger partial charge in [0.1, 0.15) is 0 Å². The van der Waals surface area contributed by atoms with Gasteiger partial charge in [0.15, 0.2) is 0 Å². The molecule has 0 aromatic carbocycles. The molecule has 2 fully saturated rings. The Morgan fingerprint density at radius 1 is 1.06 bits per heavy atom. The second-order valence-corrected chi connectivity index (χ2v) is 7.17. The summed E-state index contributed by atoms with van der Waals surface area (Å²) in [5, 5.41) is 0. The summed E-state index contributed by atoms with van der Waals surface area (Å²) in [5.41, 5.74) is 6.33. The molecule has 1 heterocycles. The Labute approximate surface area is 107 Å². The molecular formula is C15H30N2. The van der Waals surface area contributed by atoms with E-state index in [2.05, 4.69) is 25.7 Å². The highest BCUT2D eigenvalue weighted by Crippen LogP contribution is 2.37. The van der Waals surface area contributed by atoms with Crippen molar-refractivity contribution in [2.75, 3.05) is 19.6 Å². The average molecular weight is 238 g/mol. The molecule has 2 aliphatic rings. The lowest BCUT2D eigenvalue weighted by atomic mass is 9.76. The van der Waals surface area contributed by atoms with Crippen LogP contribution in [0.2, 0.25) is 0 Å². The van der Waals surface area contributed by atoms with Crippen molar-refractivity contribution in [3.63, 3.8) is 0 Å². The third-order valence-corrected chi connectivity index (χ3v) is 5.14. The van der Waals surface area contributed by atoms with Crippen LogP contribution in [-0.2, 0) is 0 Å². The third-order valence-electron chi connectivity index (χ3n) is 5.14. The van der Waals surface area contributed by atoms with Gasteiger partial charge in [-0.25, -0.2) is 0 Å². The fraction of sp³-hybridized carbons (Fsp3) is 1.00. The second-order valence-electron chi connectivity index (χ2n) is 7.17. The van der Waals surface area contributed by atoms with E-state index in [1.165, 1.54) is 45.2 Å². The first-order valence-corrected chi connectivity index (χ1v) is 7.46. The van der Waals surface area contributed by atoms with Gasteiger partial charge in [0, 0.05) is 6.04 Å². The maximum absolute atomic E-state index is 5.84. The average Bonchev–Trinajstić information content (AvgIpc) is 2.42. The van der Waals surface area contributed by atoms with Gasteiger partial charge in [-0.1, -0.05) is 20.8 Å². The highest BCUT2D eigenvalue weighted by molar-refractivity contribution is 4.91. The van der Waals surface area contributed by atoms with E-state index in [9.17, 15) is 0 Å². The Morgan fingerprint density at radius 2 is 1.82 bits per heavy atom. The summed E-state index contributed by atoms with van der Waals surface area (Å²) in [7, 11) is 0. The predicted octanol–water partition coefficient (Wildman–Crippen LogP) is 2.87. The molecule has 2 rings (SSSR count). The summed E-state index contributed by atoms with van der Waals surface area (Å²) < 4.78 is 0. The molecule has 1 saturated heterocycles. The third kappa shape index (κ3) is 3.03. The van der Waals surface area contributed by atoms with Crippen molar-refractivity contribution in [2.24, 2.45) is 23.0 Å². The van der Waals surface area contributed by atoms with Crippen LogP contribution in [0, 0.1) is 17.3 Å². The van der Waals surface area contributed by atoms with Crippen LogP contribution in [0.3, 0.4) is 0 Å². The van der Waals surface area contributed by atoms with Crippen molar-refractivity contribution in [3.8, 4) is 0 Å². The molecule has 1 saturated carbocycles. The predicted molar refractivity (Wildman–Crippen MR) is 73.9 cm³/mol. The van der Waals surface area contributed by atoms with Gasteiger partial charge in [0.05, 0.1) is 0 Å². The Morgan fingerprint density at radius 3 is 2.35 bits per heavy atom. The number of hydrogen-bond donors (Lipinski definition) is 1. The van der Waals surface area contributed by atoms with Crippen LogP contribution < -0.4 is 5.73 Å². The van der Waals surface area contributed by atoms with Crippen LogP contribution in [0.1, 0.15) is 52.9 Å². The topological polar surface area (TPSA) is 29.3 Å². The first-order valence-electron chi connectivity index (χ1n) is 7.46. The molecule has 0 spiro atoms. The smallest absolute Gasteiger partial charge is 0.0136 e. The van der Waals surface area contributed by atoms with E-state index < -0.39 is 0 Å². The van der Waals surface area contributed by atoms with Gasteiger partial charge in [0.2, 0.25) is 0 Å². The Balaban J connectivity index is 1.88. The maximum atomic E-state index is 5.84. The zero-order valence-corrected chi connectivity index (χ0v) is 11.9. The van der Waals surface area contributed by atoms with Crippen LogP contribution in [0.15, 0.2) is 0 Å². The number of likely N-dealkylation sites (tertiary alicyclic amines) is 1. The number of hydrogen-bond acceptors (Lipinski definition) is 2. The monoisotopic (exact) mass is 238 g/mol. The Kier molecular flexibility index (Phi) is 4.14. The molecule has 3 atom stereocenters. The number of rotatable bonds is 2. The summed E-state index contributed by atoms with van der Waals surface area (Å²) in [5.74, 6) is 1.70. The molecule has 17 heavy (non-hydrogen) atoms. The van der Waals surface area contributed by atoms with Crippen molar-refractivity contribution in [2.45, 2.75) is 58.9 Å². The molecule has 0 radical (unpaired) electrons. The van der Waals surface area contributed by atoms with E-state index in [4.69, 9.17) is 5.73 Å². The Bertz CT molecular complexity index is 242. The second kappa shape index (κ2) is 5.27. The molecule has 2 nitrogen and oxygen atoms in total. The summed E-state index contributed by atoms with van der Waals surface area (Å²) in [6.45, 7) is 10.7. The zero-order valence-electron chi connectivity index (χ0n) is 11.9. The van der Waals surface area contributed by atoms with E-state index in [0.29, 0.717) is 5.41 Å². The van der Waals surface area contributed by atoms with Crippen LogP contribution in [0.25, 0.3) is 0 Å². The highest BCUT2D eigenvalue weighted by Gasteiger charge is 2.36. The number of nitrogens with zero attached hydrogens (tertiary/aromatic N) is 1. The van der Waals surface area contributed by atoms with Crippen molar-refractivity contribution < 1.29 is 0 Å². The SMILES string of the molecule is CC(C)(C)C1CCCN(C2CCC2CN)CC1. The fourth-order valence-corrected chi connectivity index (χ4v) is 3.62. The molecule has 0 bridgehead atoms. The highest BCUT2D eigenvalue weighted by atomic mass is 15.2. The lowest BCUT2D eigenvalue weighted by molar-refractivity contribution is 0.0668. The lowest BCUT2D eigenvalue weighted by Gasteiger charge is -2.44. The molecule has 2 heteroatoms. The van der Waals surface area contributed by atoms with Gasteiger partial charge in [-0.15, -0.1) is 0 Å². The van der Waals surface area contributed by atoms with Gasteiger partial charge >= 0.3 is 0 Å². The quantitative estimate of drug-likeness (QED) is 0.801. The normalized spacial score (nSPS) is 36.4. The summed E-state index contributed by atoms with van der Waals surface area (Å²) in [6, 6.07) is 0.818. The van der Waals surface area contributed by atoms with Crippen molar-refractivity contribution >= 4 is 0 Å². The van der Waals surface area contributed by atoms with Crippen LogP contribution >= 0.6 is 0 Å². The molecule has 0 amide bonds. The van der Waals surface area contributed by atoms with E-state index in [1.807, 2.05) is 0 Å². The molecule has 2 N–H and O–H groups in total. The van der Waals surface area contributed by atoms with Crippen LogP contribution in [0.5, 0.6) is 0 Å². The Hall–Kier alpha value is -0.0800. The van der Waals surface area contributed by atoms with Crippen LogP contribution in [-0.4, -0.2) is 30.6 Å². The van der Waals surface area contributed by atoms with Gasteiger partial charge in [0.25, 0.3) is 0 Å².